The van der Waals surface area contributed by atoms with E-state index >= 15 is 0 Å². The standard InChI is InChI=1S/C23H27NO6/c1-14(23(27)29-16(3)15(2)18-9-7-6-8-10-18)13-19(26)21-22(30-17(4)25)20(28-5)11-12-24-21/h6-12,14-16H,13H2,1-5H3/t14-,15-,16+/m1/s1. The number of nitrogens with zero attached hydrogens (tertiary/aromatic N) is 1. The number of hydrogen-bond acceptors (Lipinski definition) is 7. The lowest BCUT2D eigenvalue weighted by Gasteiger charge is -2.22. The van der Waals surface area contributed by atoms with Crippen LogP contribution >= 0.6 is 0 Å². The Bertz CT molecular complexity index is 896. The Labute approximate surface area is 176 Å². The van der Waals surface area contributed by atoms with Crippen molar-refractivity contribution in [3.63, 3.8) is 0 Å². The lowest BCUT2D eigenvalue weighted by atomic mass is 9.96. The molecule has 2 aromatic rings. The van der Waals surface area contributed by atoms with Crippen molar-refractivity contribution >= 4 is 17.7 Å². The topological polar surface area (TPSA) is 91.8 Å². The fourth-order valence-corrected chi connectivity index (χ4v) is 2.92. The lowest BCUT2D eigenvalue weighted by molar-refractivity contribution is -0.153. The Morgan fingerprint density at radius 1 is 1.03 bits per heavy atom. The summed E-state index contributed by atoms with van der Waals surface area (Å²) in [6, 6.07) is 11.2. The number of carbonyl (C=O) groups is 3. The van der Waals surface area contributed by atoms with E-state index in [-0.39, 0.29) is 35.6 Å². The molecule has 3 atom stereocenters. The molecule has 7 nitrogen and oxygen atoms in total. The first kappa shape index (κ1) is 23.1. The maximum Gasteiger partial charge on any atom is 0.309 e. The molecule has 2 rings (SSSR count). The highest BCUT2D eigenvalue weighted by Gasteiger charge is 2.27. The molecule has 160 valence electrons. The van der Waals surface area contributed by atoms with Crippen molar-refractivity contribution < 1.29 is 28.6 Å². The number of hydrogen-bond donors (Lipinski definition) is 0. The largest absolute Gasteiger partial charge is 0.493 e. The number of pyridine rings is 1. The van der Waals surface area contributed by atoms with Crippen LogP contribution < -0.4 is 9.47 Å². The third-order valence-electron chi connectivity index (χ3n) is 4.82. The molecule has 0 N–H and O–H groups in total. The molecule has 0 aliphatic heterocycles. The summed E-state index contributed by atoms with van der Waals surface area (Å²) in [5, 5.41) is 0. The third-order valence-corrected chi connectivity index (χ3v) is 4.82. The third kappa shape index (κ3) is 5.89. The molecule has 1 heterocycles. The van der Waals surface area contributed by atoms with E-state index in [2.05, 4.69) is 4.98 Å². The number of esters is 2. The van der Waals surface area contributed by atoms with Crippen LogP contribution in [0.25, 0.3) is 0 Å². The van der Waals surface area contributed by atoms with E-state index in [1.54, 1.807) is 6.92 Å². The highest BCUT2D eigenvalue weighted by Crippen LogP contribution is 2.31. The van der Waals surface area contributed by atoms with Crippen LogP contribution in [0, 0.1) is 5.92 Å². The van der Waals surface area contributed by atoms with Gasteiger partial charge in [0, 0.05) is 31.5 Å². The molecule has 0 bridgehead atoms. The summed E-state index contributed by atoms with van der Waals surface area (Å²) in [4.78, 5) is 40.7. The molecule has 0 fully saturated rings. The zero-order valence-electron chi connectivity index (χ0n) is 17.9. The number of rotatable bonds is 9. The fraction of sp³-hybridized carbons (Fsp3) is 0.391. The van der Waals surface area contributed by atoms with Gasteiger partial charge in [-0.2, -0.15) is 0 Å². The number of benzene rings is 1. The lowest BCUT2D eigenvalue weighted by Crippen LogP contribution is -2.26. The Kier molecular flexibility index (Phi) is 8.09. The number of Topliss-reactive ketones (excluding diaryl/α,β-unsaturated/α-hetero) is 1. The second-order valence-electron chi connectivity index (χ2n) is 7.15. The van der Waals surface area contributed by atoms with Crippen molar-refractivity contribution in [1.82, 2.24) is 4.98 Å². The van der Waals surface area contributed by atoms with Gasteiger partial charge in [0.25, 0.3) is 0 Å². The molecular formula is C23H27NO6. The second-order valence-corrected chi connectivity index (χ2v) is 7.15. The number of carbonyl (C=O) groups excluding carboxylic acids is 3. The molecule has 7 heteroatoms. The van der Waals surface area contributed by atoms with Crippen molar-refractivity contribution in [1.29, 1.82) is 0 Å². The summed E-state index contributed by atoms with van der Waals surface area (Å²) >= 11 is 0. The average molecular weight is 413 g/mol. The Balaban J connectivity index is 2.06. The highest BCUT2D eigenvalue weighted by atomic mass is 16.6. The van der Waals surface area contributed by atoms with Crippen LogP contribution in [0.3, 0.4) is 0 Å². The number of ether oxygens (including phenoxy) is 3. The Morgan fingerprint density at radius 2 is 1.70 bits per heavy atom. The minimum absolute atomic E-state index is 0.00803. The van der Waals surface area contributed by atoms with Gasteiger partial charge in [0.15, 0.2) is 17.2 Å². The SMILES string of the molecule is COc1ccnc(C(=O)C[C@@H](C)C(=O)O[C@@H](C)[C@@H](C)c2ccccc2)c1OC(C)=O. The van der Waals surface area contributed by atoms with Crippen LogP contribution in [-0.4, -0.2) is 35.9 Å². The van der Waals surface area contributed by atoms with Crippen LogP contribution in [0.2, 0.25) is 0 Å². The van der Waals surface area contributed by atoms with Crippen LogP contribution in [0.5, 0.6) is 11.5 Å². The highest BCUT2D eigenvalue weighted by molar-refractivity contribution is 5.99. The molecule has 1 aromatic carbocycles. The van der Waals surface area contributed by atoms with E-state index in [4.69, 9.17) is 14.2 Å². The fourth-order valence-electron chi connectivity index (χ4n) is 2.92. The van der Waals surface area contributed by atoms with Gasteiger partial charge in [0.2, 0.25) is 5.75 Å². The summed E-state index contributed by atoms with van der Waals surface area (Å²) in [6.07, 6.45) is 0.884. The van der Waals surface area contributed by atoms with Crippen molar-refractivity contribution in [2.24, 2.45) is 5.92 Å². The van der Waals surface area contributed by atoms with Crippen molar-refractivity contribution in [2.45, 2.75) is 46.1 Å². The number of ketones is 1. The smallest absolute Gasteiger partial charge is 0.309 e. The van der Waals surface area contributed by atoms with Gasteiger partial charge >= 0.3 is 11.9 Å². The van der Waals surface area contributed by atoms with Gasteiger partial charge in [-0.15, -0.1) is 0 Å². The van der Waals surface area contributed by atoms with E-state index in [1.807, 2.05) is 44.2 Å². The summed E-state index contributed by atoms with van der Waals surface area (Å²) in [5.74, 6) is -2.05. The van der Waals surface area contributed by atoms with Gasteiger partial charge in [-0.25, -0.2) is 4.98 Å². The van der Waals surface area contributed by atoms with E-state index < -0.39 is 23.6 Å². The second kappa shape index (κ2) is 10.5. The first-order valence-corrected chi connectivity index (χ1v) is 9.74. The summed E-state index contributed by atoms with van der Waals surface area (Å²) < 4.78 is 15.8. The molecule has 0 aliphatic rings. The molecular weight excluding hydrogens is 386 g/mol. The van der Waals surface area contributed by atoms with Crippen LogP contribution in [0.1, 0.15) is 56.1 Å². The molecule has 0 spiro atoms. The molecule has 1 aromatic heterocycles. The number of methoxy groups -OCH3 is 1. The van der Waals surface area contributed by atoms with Crippen molar-refractivity contribution in [3.8, 4) is 11.5 Å². The van der Waals surface area contributed by atoms with Crippen LogP contribution in [0.4, 0.5) is 0 Å². The molecule has 30 heavy (non-hydrogen) atoms. The first-order chi connectivity index (χ1) is 14.2. The van der Waals surface area contributed by atoms with Crippen molar-refractivity contribution in [2.75, 3.05) is 7.11 Å². The van der Waals surface area contributed by atoms with E-state index in [1.165, 1.54) is 26.3 Å². The normalized spacial score (nSPS) is 13.6. The average Bonchev–Trinajstić information content (AvgIpc) is 2.73. The van der Waals surface area contributed by atoms with Crippen molar-refractivity contribution in [3.05, 3.63) is 53.9 Å². The molecule has 0 unspecified atom stereocenters. The maximum absolute atomic E-state index is 12.8. The summed E-state index contributed by atoms with van der Waals surface area (Å²) in [7, 11) is 1.39. The molecule has 0 saturated heterocycles. The van der Waals surface area contributed by atoms with E-state index in [9.17, 15) is 14.4 Å². The van der Waals surface area contributed by atoms with Gasteiger partial charge in [-0.1, -0.05) is 44.2 Å². The molecule has 0 aliphatic carbocycles. The molecule has 0 amide bonds. The summed E-state index contributed by atoms with van der Waals surface area (Å²) in [6.45, 7) is 6.64. The van der Waals surface area contributed by atoms with Gasteiger partial charge < -0.3 is 14.2 Å². The minimum Gasteiger partial charge on any atom is -0.493 e. The minimum atomic E-state index is -0.693. The molecule has 0 radical (unpaired) electrons. The van der Waals surface area contributed by atoms with Crippen LogP contribution in [0.15, 0.2) is 42.6 Å². The monoisotopic (exact) mass is 413 g/mol. The predicted molar refractivity (Wildman–Crippen MR) is 111 cm³/mol. The zero-order chi connectivity index (χ0) is 22.3. The Hall–Kier alpha value is -3.22. The van der Waals surface area contributed by atoms with E-state index in [0.717, 1.165) is 5.56 Å². The van der Waals surface area contributed by atoms with Gasteiger partial charge in [0.1, 0.15) is 6.10 Å². The summed E-state index contributed by atoms with van der Waals surface area (Å²) in [5.41, 5.74) is 1.00. The predicted octanol–water partition coefficient (Wildman–Crippen LogP) is 3.96. The quantitative estimate of drug-likeness (QED) is 0.454. The van der Waals surface area contributed by atoms with Gasteiger partial charge in [-0.05, 0) is 12.5 Å². The zero-order valence-corrected chi connectivity index (χ0v) is 17.9. The maximum atomic E-state index is 12.8. The number of aromatic nitrogens is 1. The molecule has 0 saturated carbocycles. The van der Waals surface area contributed by atoms with Gasteiger partial charge in [0.05, 0.1) is 13.0 Å². The van der Waals surface area contributed by atoms with Gasteiger partial charge in [-0.3, -0.25) is 14.4 Å². The van der Waals surface area contributed by atoms with Crippen LogP contribution in [-0.2, 0) is 14.3 Å². The Morgan fingerprint density at radius 3 is 2.30 bits per heavy atom. The first-order valence-electron chi connectivity index (χ1n) is 9.74. The van der Waals surface area contributed by atoms with E-state index in [0.29, 0.717) is 0 Å².